The summed E-state index contributed by atoms with van der Waals surface area (Å²) in [5, 5.41) is 147. The molecule has 12 unspecified atom stereocenters. The topological polar surface area (TPSA) is 383 Å². The largest absolute Gasteiger partial charge is 0.460 e. The van der Waals surface area contributed by atoms with Crippen LogP contribution in [0.3, 0.4) is 0 Å². The number of aliphatic hydroxyl groups is 14. The zero-order valence-corrected chi connectivity index (χ0v) is 37.1. The fourth-order valence-corrected chi connectivity index (χ4v) is 10.7. The van der Waals surface area contributed by atoms with E-state index in [-0.39, 0.29) is 43.9 Å². The molecule has 7 aliphatic rings. The molecule has 7 rings (SSSR count). The van der Waals surface area contributed by atoms with Crippen molar-refractivity contribution in [3.05, 3.63) is 12.2 Å². The van der Waals surface area contributed by atoms with Gasteiger partial charge in [0.05, 0.1) is 68.1 Å². The van der Waals surface area contributed by atoms with E-state index in [0.29, 0.717) is 25.7 Å². The van der Waals surface area contributed by atoms with Crippen molar-refractivity contribution in [2.45, 2.75) is 205 Å². The van der Waals surface area contributed by atoms with E-state index in [1.165, 1.54) is 13.2 Å². The maximum Gasteiger partial charge on any atom is 0.330 e. The highest BCUT2D eigenvalue weighted by molar-refractivity contribution is 5.81. The van der Waals surface area contributed by atoms with Crippen molar-refractivity contribution in [2.24, 2.45) is 17.8 Å². The zero-order chi connectivity index (χ0) is 48.4. The van der Waals surface area contributed by atoms with E-state index >= 15 is 0 Å². The van der Waals surface area contributed by atoms with E-state index in [0.717, 1.165) is 6.08 Å². The first-order valence-electron chi connectivity index (χ1n) is 23.3. The predicted octanol–water partition coefficient (Wildman–Crippen LogP) is -6.09. The van der Waals surface area contributed by atoms with E-state index in [1.54, 1.807) is 0 Å². The van der Waals surface area contributed by atoms with E-state index < -0.39 is 179 Å². The summed E-state index contributed by atoms with van der Waals surface area (Å²) >= 11 is 0. The number of ether oxygens (including phenoxy) is 9. The minimum absolute atomic E-state index is 0.0346. The number of rotatable bonds is 14. The van der Waals surface area contributed by atoms with Crippen molar-refractivity contribution in [3.63, 3.8) is 0 Å². The van der Waals surface area contributed by atoms with Crippen LogP contribution in [0.1, 0.15) is 57.8 Å². The number of aliphatic hydroxyl groups excluding tert-OH is 14. The first-order valence-corrected chi connectivity index (χ1v) is 23.3. The first-order chi connectivity index (χ1) is 31.9. The fraction of sp³-hybridized carbons (Fsp3) is 0.930. The molecule has 14 N–H and O–H groups in total. The Kier molecular flexibility index (Phi) is 18.4. The second kappa shape index (κ2) is 23.3. The summed E-state index contributed by atoms with van der Waals surface area (Å²) in [4.78, 5) is 13.0. The molecule has 0 amide bonds. The van der Waals surface area contributed by atoms with Gasteiger partial charge in [-0.25, -0.2) is 4.79 Å². The van der Waals surface area contributed by atoms with E-state index in [9.17, 15) is 76.3 Å². The lowest BCUT2D eigenvalue weighted by Gasteiger charge is -2.52. The quantitative estimate of drug-likeness (QED) is 0.0569. The molecule has 0 aromatic carbocycles. The van der Waals surface area contributed by atoms with Crippen LogP contribution >= 0.6 is 0 Å². The predicted molar refractivity (Wildman–Crippen MR) is 218 cm³/mol. The van der Waals surface area contributed by atoms with Gasteiger partial charge in [0.15, 0.2) is 18.9 Å². The molecule has 4 heterocycles. The van der Waals surface area contributed by atoms with Crippen LogP contribution in [0.15, 0.2) is 12.2 Å². The van der Waals surface area contributed by atoms with Gasteiger partial charge in [0.2, 0.25) is 0 Å². The molecule has 3 saturated carbocycles. The van der Waals surface area contributed by atoms with E-state index in [1.807, 2.05) is 0 Å². The molecule has 24 nitrogen and oxygen atoms in total. The molecule has 3 aliphatic carbocycles. The van der Waals surface area contributed by atoms with Crippen molar-refractivity contribution < 1.29 is 119 Å². The van der Waals surface area contributed by atoms with Crippen LogP contribution in [-0.2, 0) is 47.4 Å². The number of carbonyl (C=O) groups is 1. The summed E-state index contributed by atoms with van der Waals surface area (Å²) in [5.74, 6) is -2.07. The Morgan fingerprint density at radius 2 is 1.06 bits per heavy atom. The summed E-state index contributed by atoms with van der Waals surface area (Å²) in [6, 6.07) is 0. The fourth-order valence-electron chi connectivity index (χ4n) is 10.7. The molecular formula is C43H70O24. The summed E-state index contributed by atoms with van der Waals surface area (Å²) in [7, 11) is 1.48. The standard InChI is InChI=1S/C43H70O24/c1-59-24-9-17(4-6-20(24)47)40-26(12-19-22(61-40)10-18(46)11-23(19)62-41-37(56)34(53)31(50)27(13-44)65-41)64-43-39(58)36(55)33(52)29(67-43)15-60-30(49)7-3-16-2-5-21(48)25(8-16)63-42-38(57)35(54)32(51)28(14-45)66-42/h3,7,16-29,31-48,50-58H,2,4-6,8-15H2,1H3/t16?,17?,18?,19?,20?,21?,22?,23?,24?,25?,26?,27-,28-,29-,31-,32-,33-,34+,35+,36+,37-,38-,39-,40?,41-,42-,43-/m1/s1. The van der Waals surface area contributed by atoms with Gasteiger partial charge in [-0.2, -0.15) is 0 Å². The molecule has 4 aliphatic heterocycles. The van der Waals surface area contributed by atoms with Crippen LogP contribution in [0.4, 0.5) is 0 Å². The van der Waals surface area contributed by atoms with Crippen LogP contribution in [0.2, 0.25) is 0 Å². The SMILES string of the molecule is COC1CC(C2OC3CC(O)CC(O[C@@H]4O[C@H](CO)[C@@H](O)[C@H](O)[C@H]4O)C3CC2O[C@@H]2O[C@H](COC(=O)C=CC3CCC(O)C(O[C@@H]4O[C@H](CO)[C@@H](O)[C@H](O)[C@H]4O)C3)[C@@H](O)[C@H](O)[C@H]2O)CCC1O. The number of fused-ring (bicyclic) bond motifs is 1. The second-order valence-corrected chi connectivity index (χ2v) is 19.1. The van der Waals surface area contributed by atoms with Crippen molar-refractivity contribution in [3.8, 4) is 0 Å². The van der Waals surface area contributed by atoms with Gasteiger partial charge >= 0.3 is 5.97 Å². The van der Waals surface area contributed by atoms with Crippen molar-refractivity contribution in [2.75, 3.05) is 26.9 Å². The lowest BCUT2D eigenvalue weighted by atomic mass is 9.72. The number of hydrogen-bond acceptors (Lipinski definition) is 24. The van der Waals surface area contributed by atoms with Gasteiger partial charge in [0.1, 0.15) is 79.9 Å². The second-order valence-electron chi connectivity index (χ2n) is 19.1. The molecule has 386 valence electrons. The maximum atomic E-state index is 13.0. The van der Waals surface area contributed by atoms with Crippen LogP contribution in [0, 0.1) is 17.8 Å². The van der Waals surface area contributed by atoms with Gasteiger partial charge in [0.25, 0.3) is 0 Å². The molecule has 0 aromatic heterocycles. The average molecular weight is 971 g/mol. The number of allylic oxidation sites excluding steroid dienone is 1. The summed E-state index contributed by atoms with van der Waals surface area (Å²) < 4.78 is 53.1. The number of methoxy groups -OCH3 is 1. The van der Waals surface area contributed by atoms with Gasteiger partial charge in [0, 0.05) is 25.5 Å². The Morgan fingerprint density at radius 1 is 0.537 bits per heavy atom. The molecule has 0 aromatic rings. The molecule has 24 heteroatoms. The third-order valence-electron chi connectivity index (χ3n) is 14.7. The molecule has 0 spiro atoms. The zero-order valence-electron chi connectivity index (χ0n) is 37.1. The Balaban J connectivity index is 1.00. The van der Waals surface area contributed by atoms with Gasteiger partial charge in [-0.15, -0.1) is 0 Å². The third-order valence-corrected chi connectivity index (χ3v) is 14.7. The van der Waals surface area contributed by atoms with Gasteiger partial charge in [-0.1, -0.05) is 6.08 Å². The molecule has 0 bridgehead atoms. The number of carbonyl (C=O) groups excluding carboxylic acids is 1. The Morgan fingerprint density at radius 3 is 1.64 bits per heavy atom. The number of hydrogen-bond donors (Lipinski definition) is 14. The molecule has 4 saturated heterocycles. The number of esters is 1. The molecule has 7 fully saturated rings. The summed E-state index contributed by atoms with van der Waals surface area (Å²) in [5.41, 5.74) is 0. The summed E-state index contributed by atoms with van der Waals surface area (Å²) in [6.45, 7) is -1.95. The Hall–Kier alpha value is -1.67. The lowest BCUT2D eigenvalue weighted by molar-refractivity contribution is -0.344. The maximum absolute atomic E-state index is 13.0. The molecule has 67 heavy (non-hydrogen) atoms. The molecular weight excluding hydrogens is 900 g/mol. The molecule has 27 atom stereocenters. The Labute approximate surface area is 386 Å². The van der Waals surface area contributed by atoms with Crippen LogP contribution in [0.5, 0.6) is 0 Å². The Bertz CT molecular complexity index is 1590. The van der Waals surface area contributed by atoms with Crippen LogP contribution in [0.25, 0.3) is 0 Å². The minimum atomic E-state index is -1.84. The molecule has 0 radical (unpaired) electrons. The van der Waals surface area contributed by atoms with Gasteiger partial charge in [-0.05, 0) is 63.2 Å². The summed E-state index contributed by atoms with van der Waals surface area (Å²) in [6.07, 6.45) is -26.3. The van der Waals surface area contributed by atoms with E-state index in [4.69, 9.17) is 42.6 Å². The van der Waals surface area contributed by atoms with Crippen molar-refractivity contribution in [1.29, 1.82) is 0 Å². The van der Waals surface area contributed by atoms with E-state index in [2.05, 4.69) is 0 Å². The first kappa shape index (κ1) is 53.1. The van der Waals surface area contributed by atoms with Gasteiger partial charge < -0.3 is 114 Å². The van der Waals surface area contributed by atoms with Gasteiger partial charge in [-0.3, -0.25) is 0 Å². The van der Waals surface area contributed by atoms with Crippen molar-refractivity contribution in [1.82, 2.24) is 0 Å². The third kappa shape index (κ3) is 12.0. The van der Waals surface area contributed by atoms with Crippen molar-refractivity contribution >= 4 is 5.97 Å². The van der Waals surface area contributed by atoms with Crippen LogP contribution in [-0.4, -0.2) is 251 Å². The smallest absolute Gasteiger partial charge is 0.330 e. The lowest BCUT2D eigenvalue weighted by Crippen LogP contribution is -2.63. The van der Waals surface area contributed by atoms with Crippen LogP contribution < -0.4 is 0 Å². The minimum Gasteiger partial charge on any atom is -0.460 e. The normalized spacial score (nSPS) is 51.0. The highest BCUT2D eigenvalue weighted by Gasteiger charge is 2.54. The highest BCUT2D eigenvalue weighted by Crippen LogP contribution is 2.45. The monoisotopic (exact) mass is 970 g/mol. The highest BCUT2D eigenvalue weighted by atomic mass is 16.7. The average Bonchev–Trinajstić information content (AvgIpc) is 3.31.